The molecule has 0 spiro atoms. The van der Waals surface area contributed by atoms with Crippen molar-refractivity contribution in [1.82, 2.24) is 4.90 Å². The van der Waals surface area contributed by atoms with E-state index in [0.29, 0.717) is 6.42 Å². The molecule has 0 saturated carbocycles. The van der Waals surface area contributed by atoms with Gasteiger partial charge in [-0.1, -0.05) is 37.5 Å². The number of aliphatic imine (C=N–C) groups is 1. The number of thiol groups is 1. The zero-order valence-electron chi connectivity index (χ0n) is 15.3. The molecule has 0 fully saturated rings. The number of carboxylic acids is 1. The van der Waals surface area contributed by atoms with E-state index in [-0.39, 0.29) is 5.57 Å². The number of carbonyl (C=O) groups is 1. The van der Waals surface area contributed by atoms with E-state index in [2.05, 4.69) is 48.5 Å². The maximum atomic E-state index is 10.1. The van der Waals surface area contributed by atoms with E-state index < -0.39 is 5.97 Å². The van der Waals surface area contributed by atoms with Gasteiger partial charge in [0, 0.05) is 13.0 Å². The highest BCUT2D eigenvalue weighted by atomic mass is 32.1. The third kappa shape index (κ3) is 11.7. The second-order valence-electron chi connectivity index (χ2n) is 4.53. The van der Waals surface area contributed by atoms with Crippen LogP contribution in [0.15, 0.2) is 65.9 Å². The molecule has 0 saturated heterocycles. The molecule has 136 valence electrons. The largest absolute Gasteiger partial charge is 0.478 e. The summed E-state index contributed by atoms with van der Waals surface area (Å²) in [6.07, 6.45) is 17.5. The summed E-state index contributed by atoms with van der Waals surface area (Å²) in [5, 5.41) is 8.32. The van der Waals surface area contributed by atoms with Crippen molar-refractivity contribution in [3.8, 4) is 12.3 Å². The number of hydrogen-bond donors (Lipinski definition) is 2. The number of terminal acetylenes is 1. The molecule has 1 aliphatic rings. The van der Waals surface area contributed by atoms with Crippen LogP contribution in [0.5, 0.6) is 0 Å². The van der Waals surface area contributed by atoms with Crippen molar-refractivity contribution in [2.75, 3.05) is 19.3 Å². The normalized spacial score (nSPS) is 14.7. The van der Waals surface area contributed by atoms with E-state index in [1.165, 1.54) is 18.2 Å². The molecule has 1 rings (SSSR count). The zero-order valence-corrected chi connectivity index (χ0v) is 16.2. The highest BCUT2D eigenvalue weighted by molar-refractivity contribution is 7.79. The van der Waals surface area contributed by atoms with Crippen LogP contribution in [0.3, 0.4) is 0 Å². The van der Waals surface area contributed by atoms with Gasteiger partial charge in [-0.3, -0.25) is 0 Å². The fourth-order valence-electron chi connectivity index (χ4n) is 1.72. The number of aliphatic carboxylic acids is 1. The Morgan fingerprint density at radius 3 is 2.48 bits per heavy atom. The fraction of sp³-hybridized carbons (Fsp3) is 0.300. The van der Waals surface area contributed by atoms with Crippen LogP contribution in [0, 0.1) is 12.3 Å². The summed E-state index contributed by atoms with van der Waals surface area (Å²) in [6.45, 7) is 12.8. The van der Waals surface area contributed by atoms with Gasteiger partial charge in [0.15, 0.2) is 0 Å². The molecular weight excluding hydrogens is 332 g/mol. The number of hydrogen-bond acceptors (Lipinski definition) is 4. The van der Waals surface area contributed by atoms with Gasteiger partial charge in [-0.15, -0.1) is 12.3 Å². The van der Waals surface area contributed by atoms with Crippen molar-refractivity contribution in [2.45, 2.75) is 20.3 Å². The second-order valence-corrected chi connectivity index (χ2v) is 4.53. The molecule has 0 radical (unpaired) electrons. The number of allylic oxidation sites excluding steroid dienone is 5. The lowest BCUT2D eigenvalue weighted by atomic mass is 10.2. The molecule has 0 aromatic rings. The lowest BCUT2D eigenvalue weighted by Crippen LogP contribution is -2.24. The van der Waals surface area contributed by atoms with Crippen LogP contribution >= 0.6 is 12.6 Å². The summed E-state index contributed by atoms with van der Waals surface area (Å²) >= 11 is 3.53. The lowest BCUT2D eigenvalue weighted by Gasteiger charge is -2.13. The van der Waals surface area contributed by atoms with E-state index in [9.17, 15) is 4.79 Å². The highest BCUT2D eigenvalue weighted by Crippen LogP contribution is 2.11. The minimum Gasteiger partial charge on any atom is -0.478 e. The van der Waals surface area contributed by atoms with E-state index in [1.54, 1.807) is 6.26 Å². The summed E-state index contributed by atoms with van der Waals surface area (Å²) in [7, 11) is 0. The molecule has 0 atom stereocenters. The van der Waals surface area contributed by atoms with Crippen molar-refractivity contribution < 1.29 is 9.90 Å². The molecular formula is C20H28N2O2S. The van der Waals surface area contributed by atoms with Crippen LogP contribution in [0.1, 0.15) is 20.3 Å². The summed E-state index contributed by atoms with van der Waals surface area (Å²) < 4.78 is 0. The van der Waals surface area contributed by atoms with Gasteiger partial charge in [0.2, 0.25) is 0 Å². The van der Waals surface area contributed by atoms with Gasteiger partial charge in [0.25, 0.3) is 0 Å². The first kappa shape index (κ1) is 24.8. The molecule has 5 heteroatoms. The van der Waals surface area contributed by atoms with Crippen molar-refractivity contribution in [1.29, 1.82) is 0 Å². The Labute approximate surface area is 157 Å². The molecule has 0 unspecified atom stereocenters. The molecule has 0 aliphatic carbocycles. The number of rotatable bonds is 6. The average molecular weight is 361 g/mol. The van der Waals surface area contributed by atoms with Crippen LogP contribution in [-0.4, -0.2) is 41.2 Å². The van der Waals surface area contributed by atoms with E-state index in [1.807, 2.05) is 25.2 Å². The zero-order chi connectivity index (χ0) is 19.7. The Morgan fingerprint density at radius 2 is 2.12 bits per heavy atom. The Kier molecular flexibility index (Phi) is 16.3. The number of carboxylic acid groups (broad SMARTS) is 1. The SMILES string of the molecule is C#CC/C=C\C=C1/CN(CC)C(C)=N1.C=C/C=C(\C=C)C(=O)O.CS. The predicted molar refractivity (Wildman–Crippen MR) is 112 cm³/mol. The predicted octanol–water partition coefficient (Wildman–Crippen LogP) is 4.12. The molecule has 1 N–H and O–H groups in total. The minimum absolute atomic E-state index is 0.157. The molecule has 1 heterocycles. The standard InChI is InChI=1S/C12H16N2.C7H8O2.CH4S/c1-4-6-7-8-9-12-10-14(5-2)11(3)13-12;1-3-5-6(4-2)7(8)9;1-2/h1,7-9H,5-6,10H2,2-3H3;3-5H,1-2H2,(H,8,9);2H,1H3/b8-7-,12-9+;6-5+;. The van der Waals surface area contributed by atoms with Crippen LogP contribution in [0.4, 0.5) is 0 Å². The van der Waals surface area contributed by atoms with Gasteiger partial charge in [-0.25, -0.2) is 9.79 Å². The first-order valence-electron chi connectivity index (χ1n) is 7.72. The first-order valence-corrected chi connectivity index (χ1v) is 8.62. The Balaban J connectivity index is 0. The molecule has 0 amide bonds. The monoisotopic (exact) mass is 360 g/mol. The quantitative estimate of drug-likeness (QED) is 0.324. The van der Waals surface area contributed by atoms with Gasteiger partial charge in [0.1, 0.15) is 5.84 Å². The molecule has 1 aliphatic heterocycles. The summed E-state index contributed by atoms with van der Waals surface area (Å²) in [4.78, 5) is 16.8. The molecule has 0 bridgehead atoms. The van der Waals surface area contributed by atoms with E-state index in [4.69, 9.17) is 11.5 Å². The van der Waals surface area contributed by atoms with Gasteiger partial charge in [-0.05, 0) is 32.3 Å². The summed E-state index contributed by atoms with van der Waals surface area (Å²) in [5.41, 5.74) is 1.27. The summed E-state index contributed by atoms with van der Waals surface area (Å²) in [6, 6.07) is 0. The average Bonchev–Trinajstić information content (AvgIpc) is 2.98. The summed E-state index contributed by atoms with van der Waals surface area (Å²) in [5.74, 6) is 2.68. The van der Waals surface area contributed by atoms with Crippen LogP contribution in [0.25, 0.3) is 0 Å². The van der Waals surface area contributed by atoms with Gasteiger partial charge in [0.05, 0.1) is 17.8 Å². The fourth-order valence-corrected chi connectivity index (χ4v) is 1.72. The Morgan fingerprint density at radius 1 is 1.48 bits per heavy atom. The third-order valence-electron chi connectivity index (χ3n) is 2.92. The van der Waals surface area contributed by atoms with Crippen molar-refractivity contribution in [2.24, 2.45) is 4.99 Å². The number of likely N-dealkylation sites (N-methyl/N-ethyl adjacent to an activating group) is 1. The smallest absolute Gasteiger partial charge is 0.335 e. The molecule has 0 aromatic carbocycles. The highest BCUT2D eigenvalue weighted by Gasteiger charge is 2.13. The second kappa shape index (κ2) is 16.4. The van der Waals surface area contributed by atoms with Crippen molar-refractivity contribution >= 4 is 24.4 Å². The van der Waals surface area contributed by atoms with Crippen LogP contribution < -0.4 is 0 Å². The van der Waals surface area contributed by atoms with Gasteiger partial charge < -0.3 is 10.0 Å². The Hall–Kier alpha value is -2.45. The third-order valence-corrected chi connectivity index (χ3v) is 2.92. The van der Waals surface area contributed by atoms with Crippen molar-refractivity contribution in [3.05, 3.63) is 60.9 Å². The number of amidine groups is 1. The van der Waals surface area contributed by atoms with Gasteiger partial charge >= 0.3 is 5.97 Å². The van der Waals surface area contributed by atoms with Crippen LogP contribution in [-0.2, 0) is 4.79 Å². The molecule has 25 heavy (non-hydrogen) atoms. The van der Waals surface area contributed by atoms with E-state index >= 15 is 0 Å². The maximum absolute atomic E-state index is 10.1. The molecule has 0 aromatic heterocycles. The van der Waals surface area contributed by atoms with Crippen molar-refractivity contribution in [3.63, 3.8) is 0 Å². The minimum atomic E-state index is -0.982. The Bertz CT molecular complexity index is 593. The van der Waals surface area contributed by atoms with Crippen LogP contribution in [0.2, 0.25) is 0 Å². The van der Waals surface area contributed by atoms with E-state index in [0.717, 1.165) is 24.6 Å². The number of nitrogens with zero attached hydrogens (tertiary/aromatic N) is 2. The maximum Gasteiger partial charge on any atom is 0.335 e. The van der Waals surface area contributed by atoms with Gasteiger partial charge in [-0.2, -0.15) is 12.6 Å². The topological polar surface area (TPSA) is 52.9 Å². The first-order chi connectivity index (χ1) is 12.0. The lowest BCUT2D eigenvalue weighted by molar-refractivity contribution is -0.132. The molecule has 4 nitrogen and oxygen atoms in total.